The molecule has 0 aromatic carbocycles. The molecular formula is C9H18N2O3. The normalized spacial score (nSPS) is 12.1. The van der Waals surface area contributed by atoms with E-state index in [-0.39, 0.29) is 5.91 Å². The van der Waals surface area contributed by atoms with E-state index in [2.05, 4.69) is 11.1 Å². The van der Waals surface area contributed by atoms with Gasteiger partial charge in [0.15, 0.2) is 0 Å². The van der Waals surface area contributed by atoms with Crippen molar-refractivity contribution in [2.45, 2.75) is 38.6 Å². The molecule has 0 aliphatic rings. The van der Waals surface area contributed by atoms with Gasteiger partial charge in [0, 0.05) is 6.92 Å². The van der Waals surface area contributed by atoms with Crippen LogP contribution in [-0.4, -0.2) is 24.5 Å². The van der Waals surface area contributed by atoms with Gasteiger partial charge in [0.25, 0.3) is 0 Å². The van der Waals surface area contributed by atoms with Crippen molar-refractivity contribution < 1.29 is 20.4 Å². The second-order valence-electron chi connectivity index (χ2n) is 3.28. The number of unbranched alkanes of at least 4 members (excludes halogenated alkanes) is 2. The second-order valence-corrected chi connectivity index (χ2v) is 3.28. The number of rotatable bonds is 7. The first-order valence-electron chi connectivity index (χ1n) is 4.85. The lowest BCUT2D eigenvalue weighted by Gasteiger charge is -2.18. The lowest BCUT2D eigenvalue weighted by molar-refractivity contribution is -0.368. The number of carbonyl (C=O) groups is 2. The molecule has 0 fully saturated rings. The quantitative estimate of drug-likeness (QED) is 0.469. The van der Waals surface area contributed by atoms with Gasteiger partial charge in [-0.05, 0) is 19.3 Å². The van der Waals surface area contributed by atoms with E-state index >= 15 is 0 Å². The van der Waals surface area contributed by atoms with E-state index in [9.17, 15) is 14.7 Å². The molecule has 1 amide bonds. The molecule has 0 spiro atoms. The summed E-state index contributed by atoms with van der Waals surface area (Å²) < 4.78 is 0. The third kappa shape index (κ3) is 6.42. The summed E-state index contributed by atoms with van der Waals surface area (Å²) in [4.78, 5) is 21.2. The van der Waals surface area contributed by atoms with Crippen molar-refractivity contribution in [2.24, 2.45) is 0 Å². The topological polar surface area (TPSA) is 96.9 Å². The summed E-state index contributed by atoms with van der Waals surface area (Å²) in [5.74, 6) is -1.55. The molecule has 0 saturated carbocycles. The molecule has 0 aliphatic heterocycles. The van der Waals surface area contributed by atoms with Crippen molar-refractivity contribution in [3.63, 3.8) is 0 Å². The minimum atomic E-state index is -1.21. The van der Waals surface area contributed by atoms with Crippen molar-refractivity contribution in [1.29, 1.82) is 0 Å². The summed E-state index contributed by atoms with van der Waals surface area (Å²) in [6, 6.07) is -0.850. The molecule has 0 unspecified atom stereocenters. The van der Waals surface area contributed by atoms with Crippen LogP contribution in [0, 0.1) is 0 Å². The third-order valence-electron chi connectivity index (χ3n) is 1.90. The highest BCUT2D eigenvalue weighted by molar-refractivity contribution is 5.80. The van der Waals surface area contributed by atoms with E-state index in [0.717, 1.165) is 25.8 Å². The van der Waals surface area contributed by atoms with Gasteiger partial charge >= 0.3 is 0 Å². The Labute approximate surface area is 83.7 Å². The zero-order valence-corrected chi connectivity index (χ0v) is 8.54. The fraction of sp³-hybridized carbons (Fsp3) is 0.778. The summed E-state index contributed by atoms with van der Waals surface area (Å²) in [7, 11) is 0. The van der Waals surface area contributed by atoms with Crippen LogP contribution >= 0.6 is 0 Å². The fourth-order valence-corrected chi connectivity index (χ4v) is 1.20. The number of hydrogen-bond donors (Lipinski definition) is 2. The van der Waals surface area contributed by atoms with Crippen LogP contribution in [-0.2, 0) is 9.59 Å². The SMILES string of the molecule is CC(=O)N[C@@H](CCCCC[NH3+])C(=O)[O-]. The molecule has 0 rings (SSSR count). The summed E-state index contributed by atoms with van der Waals surface area (Å²) in [6.07, 6.45) is 3.13. The van der Waals surface area contributed by atoms with Crippen LogP contribution in [0.1, 0.15) is 32.6 Å². The average Bonchev–Trinajstić information content (AvgIpc) is 2.09. The highest BCUT2D eigenvalue weighted by Gasteiger charge is 2.09. The number of carboxylic acid groups (broad SMARTS) is 1. The molecule has 0 heterocycles. The number of amides is 1. The predicted molar refractivity (Wildman–Crippen MR) is 48.8 cm³/mol. The van der Waals surface area contributed by atoms with Crippen LogP contribution in [0.3, 0.4) is 0 Å². The number of carboxylic acids is 1. The van der Waals surface area contributed by atoms with Crippen LogP contribution in [0.2, 0.25) is 0 Å². The third-order valence-corrected chi connectivity index (χ3v) is 1.90. The molecule has 0 radical (unpaired) electrons. The smallest absolute Gasteiger partial charge is 0.217 e. The molecule has 0 aromatic rings. The van der Waals surface area contributed by atoms with Crippen molar-refractivity contribution >= 4 is 11.9 Å². The van der Waals surface area contributed by atoms with E-state index in [1.807, 2.05) is 0 Å². The number of quaternary nitrogens is 1. The Hall–Kier alpha value is -1.10. The van der Waals surface area contributed by atoms with Crippen molar-refractivity contribution in [3.8, 4) is 0 Å². The highest BCUT2D eigenvalue weighted by atomic mass is 16.4. The Balaban J connectivity index is 3.74. The van der Waals surface area contributed by atoms with E-state index in [1.54, 1.807) is 0 Å². The average molecular weight is 202 g/mol. The zero-order valence-electron chi connectivity index (χ0n) is 8.54. The van der Waals surface area contributed by atoms with Crippen LogP contribution in [0.25, 0.3) is 0 Å². The monoisotopic (exact) mass is 202 g/mol. The lowest BCUT2D eigenvalue weighted by atomic mass is 10.1. The molecule has 5 nitrogen and oxygen atoms in total. The maximum atomic E-state index is 10.6. The van der Waals surface area contributed by atoms with E-state index in [4.69, 9.17) is 0 Å². The molecular weight excluding hydrogens is 184 g/mol. The molecule has 0 bridgehead atoms. The maximum absolute atomic E-state index is 10.6. The van der Waals surface area contributed by atoms with Crippen LogP contribution in [0.15, 0.2) is 0 Å². The summed E-state index contributed by atoms with van der Waals surface area (Å²) in [6.45, 7) is 2.15. The van der Waals surface area contributed by atoms with Crippen molar-refractivity contribution in [3.05, 3.63) is 0 Å². The summed E-state index contributed by atoms with van der Waals surface area (Å²) in [5.41, 5.74) is 3.69. The Bertz CT molecular complexity index is 194. The molecule has 82 valence electrons. The fourth-order valence-electron chi connectivity index (χ4n) is 1.20. The molecule has 5 heteroatoms. The number of hydrogen-bond acceptors (Lipinski definition) is 3. The van der Waals surface area contributed by atoms with Gasteiger partial charge in [0.2, 0.25) is 5.91 Å². The second kappa shape index (κ2) is 7.32. The number of aliphatic carboxylic acids is 1. The predicted octanol–water partition coefficient (Wildman–Crippen LogP) is -1.96. The van der Waals surface area contributed by atoms with Gasteiger partial charge in [-0.2, -0.15) is 0 Å². The van der Waals surface area contributed by atoms with Crippen LogP contribution < -0.4 is 16.2 Å². The standard InChI is InChI=1S/C9H18N2O3/c1-7(12)11-8(9(13)14)5-3-2-4-6-10/h8H,2-6,10H2,1H3,(H,11,12)(H,13,14)/t8-/m0/s1. The van der Waals surface area contributed by atoms with Gasteiger partial charge in [-0.15, -0.1) is 0 Å². The minimum absolute atomic E-state index is 0.337. The number of nitrogens with one attached hydrogen (secondary N) is 1. The van der Waals surface area contributed by atoms with Gasteiger partial charge in [-0.1, -0.05) is 6.42 Å². The van der Waals surface area contributed by atoms with Gasteiger partial charge in [-0.3, -0.25) is 4.79 Å². The Morgan fingerprint density at radius 1 is 1.36 bits per heavy atom. The van der Waals surface area contributed by atoms with Gasteiger partial charge in [0.1, 0.15) is 0 Å². The Morgan fingerprint density at radius 2 is 2.00 bits per heavy atom. The maximum Gasteiger partial charge on any atom is 0.217 e. The molecule has 0 aliphatic carbocycles. The molecule has 14 heavy (non-hydrogen) atoms. The highest BCUT2D eigenvalue weighted by Crippen LogP contribution is 2.02. The zero-order chi connectivity index (χ0) is 11.0. The van der Waals surface area contributed by atoms with E-state index in [1.165, 1.54) is 6.92 Å². The van der Waals surface area contributed by atoms with Gasteiger partial charge in [0.05, 0.1) is 18.6 Å². The Morgan fingerprint density at radius 3 is 2.43 bits per heavy atom. The van der Waals surface area contributed by atoms with Crippen LogP contribution in [0.4, 0.5) is 0 Å². The first kappa shape index (κ1) is 12.9. The molecule has 0 aromatic heterocycles. The van der Waals surface area contributed by atoms with Gasteiger partial charge in [-0.25, -0.2) is 0 Å². The van der Waals surface area contributed by atoms with Crippen molar-refractivity contribution in [2.75, 3.05) is 6.54 Å². The van der Waals surface area contributed by atoms with E-state index in [0.29, 0.717) is 6.42 Å². The first-order chi connectivity index (χ1) is 6.57. The summed E-state index contributed by atoms with van der Waals surface area (Å²) in [5, 5.41) is 12.9. The lowest BCUT2D eigenvalue weighted by Crippen LogP contribution is -2.50. The molecule has 1 atom stereocenters. The minimum Gasteiger partial charge on any atom is -0.548 e. The molecule has 4 N–H and O–H groups in total. The van der Waals surface area contributed by atoms with Crippen LogP contribution in [0.5, 0.6) is 0 Å². The first-order valence-corrected chi connectivity index (χ1v) is 4.85. The van der Waals surface area contributed by atoms with Crippen molar-refractivity contribution in [1.82, 2.24) is 5.32 Å². The number of carbonyl (C=O) groups excluding carboxylic acids is 2. The molecule has 0 saturated heterocycles. The Kier molecular flexibility index (Phi) is 6.74. The van der Waals surface area contributed by atoms with Gasteiger partial charge < -0.3 is 21.0 Å². The van der Waals surface area contributed by atoms with E-state index < -0.39 is 12.0 Å². The largest absolute Gasteiger partial charge is 0.548 e. The summed E-state index contributed by atoms with van der Waals surface area (Å²) >= 11 is 0.